The lowest BCUT2D eigenvalue weighted by molar-refractivity contribution is -0.117. The molecule has 1 aromatic heterocycles. The van der Waals surface area contributed by atoms with Gasteiger partial charge in [-0.2, -0.15) is 5.10 Å². The van der Waals surface area contributed by atoms with E-state index in [9.17, 15) is 14.3 Å². The van der Waals surface area contributed by atoms with Gasteiger partial charge in [0.25, 0.3) is 0 Å². The molecule has 2 heterocycles. The zero-order valence-corrected chi connectivity index (χ0v) is 15.6. The Morgan fingerprint density at radius 1 is 1.41 bits per heavy atom. The highest BCUT2D eigenvalue weighted by Crippen LogP contribution is 2.32. The number of hydrogen-bond acceptors (Lipinski definition) is 4. The molecule has 2 aromatic rings. The Bertz CT molecular complexity index is 839. The molecule has 1 amide bonds. The molecular formula is C19H22ClFN4O2. The summed E-state index contributed by atoms with van der Waals surface area (Å²) in [6.45, 7) is 1.32. The molecule has 2 fully saturated rings. The molecule has 8 heteroatoms. The number of aromatic nitrogens is 2. The van der Waals surface area contributed by atoms with Gasteiger partial charge in [0.2, 0.25) is 5.91 Å². The van der Waals surface area contributed by atoms with Crippen molar-refractivity contribution in [2.24, 2.45) is 5.92 Å². The van der Waals surface area contributed by atoms with E-state index in [0.29, 0.717) is 18.8 Å². The van der Waals surface area contributed by atoms with E-state index in [2.05, 4.69) is 15.3 Å². The third kappa shape index (κ3) is 4.15. The van der Waals surface area contributed by atoms with Gasteiger partial charge in [0.15, 0.2) is 0 Å². The van der Waals surface area contributed by atoms with Crippen LogP contribution in [0.1, 0.15) is 30.9 Å². The van der Waals surface area contributed by atoms with Crippen LogP contribution in [-0.2, 0) is 11.3 Å². The molecule has 2 N–H and O–H groups in total. The van der Waals surface area contributed by atoms with Gasteiger partial charge in [-0.1, -0.05) is 17.7 Å². The van der Waals surface area contributed by atoms with Crippen molar-refractivity contribution in [2.45, 2.75) is 37.9 Å². The van der Waals surface area contributed by atoms with Crippen LogP contribution in [0, 0.1) is 11.7 Å². The highest BCUT2D eigenvalue weighted by Gasteiger charge is 2.34. The van der Waals surface area contributed by atoms with Crippen LogP contribution in [0.25, 0.3) is 0 Å². The first-order valence-electron chi connectivity index (χ1n) is 9.17. The maximum absolute atomic E-state index is 13.4. The molecule has 1 saturated carbocycles. The Kier molecular flexibility index (Phi) is 5.16. The Hall–Kier alpha value is -1.96. The second-order valence-corrected chi connectivity index (χ2v) is 7.78. The number of carbonyl (C=O) groups excluding carboxylic acids is 1. The van der Waals surface area contributed by atoms with Gasteiger partial charge in [-0.25, -0.2) is 4.39 Å². The topological polar surface area (TPSA) is 70.4 Å². The van der Waals surface area contributed by atoms with E-state index < -0.39 is 5.82 Å². The van der Waals surface area contributed by atoms with Gasteiger partial charge in [0.1, 0.15) is 5.82 Å². The molecule has 27 heavy (non-hydrogen) atoms. The summed E-state index contributed by atoms with van der Waals surface area (Å²) in [7, 11) is 0. The molecule has 1 aromatic carbocycles. The molecule has 2 aliphatic rings. The van der Waals surface area contributed by atoms with Gasteiger partial charge in [-0.3, -0.25) is 14.4 Å². The minimum absolute atomic E-state index is 0.00691. The largest absolute Gasteiger partial charge is 0.395 e. The minimum Gasteiger partial charge on any atom is -0.395 e. The fraction of sp³-hybridized carbons (Fsp3) is 0.474. The van der Waals surface area contributed by atoms with Gasteiger partial charge in [0.05, 0.1) is 29.6 Å². The van der Waals surface area contributed by atoms with Gasteiger partial charge in [-0.15, -0.1) is 0 Å². The third-order valence-electron chi connectivity index (χ3n) is 5.28. The smallest absolute Gasteiger partial charge is 0.227 e. The van der Waals surface area contributed by atoms with E-state index in [1.807, 2.05) is 10.9 Å². The average molecular weight is 393 g/mol. The Morgan fingerprint density at radius 3 is 2.93 bits per heavy atom. The molecule has 0 spiro atoms. The van der Waals surface area contributed by atoms with E-state index in [4.69, 9.17) is 11.6 Å². The number of anilines is 1. The molecule has 144 valence electrons. The quantitative estimate of drug-likeness (QED) is 0.793. The molecular weight excluding hydrogens is 371 g/mol. The second kappa shape index (κ2) is 7.58. The molecule has 6 nitrogen and oxygen atoms in total. The molecule has 1 saturated heterocycles. The minimum atomic E-state index is -0.435. The van der Waals surface area contributed by atoms with Crippen molar-refractivity contribution in [3.8, 4) is 0 Å². The van der Waals surface area contributed by atoms with Crippen LogP contribution in [0.2, 0.25) is 5.02 Å². The molecule has 0 radical (unpaired) electrons. The van der Waals surface area contributed by atoms with Gasteiger partial charge in [-0.05, 0) is 37.0 Å². The monoisotopic (exact) mass is 392 g/mol. The number of carbonyl (C=O) groups is 1. The van der Waals surface area contributed by atoms with Crippen LogP contribution in [0.15, 0.2) is 30.6 Å². The number of likely N-dealkylation sites (tertiary alicyclic amines) is 1. The van der Waals surface area contributed by atoms with E-state index in [1.165, 1.54) is 6.07 Å². The Labute approximate surface area is 161 Å². The third-order valence-corrected chi connectivity index (χ3v) is 5.57. The van der Waals surface area contributed by atoms with Crippen molar-refractivity contribution in [1.82, 2.24) is 14.7 Å². The number of nitrogens with zero attached hydrogens (tertiary/aromatic N) is 3. The highest BCUT2D eigenvalue weighted by atomic mass is 35.5. The van der Waals surface area contributed by atoms with E-state index in [-0.39, 0.29) is 35.5 Å². The first kappa shape index (κ1) is 18.4. The lowest BCUT2D eigenvalue weighted by Gasteiger charge is -2.22. The fourth-order valence-electron chi connectivity index (χ4n) is 3.60. The van der Waals surface area contributed by atoms with Crippen molar-refractivity contribution in [2.75, 3.05) is 18.5 Å². The summed E-state index contributed by atoms with van der Waals surface area (Å²) in [5.74, 6) is -0.226. The van der Waals surface area contributed by atoms with Gasteiger partial charge in [0, 0.05) is 31.2 Å². The van der Waals surface area contributed by atoms with Crippen molar-refractivity contribution >= 4 is 23.2 Å². The number of rotatable bonds is 6. The normalized spacial score (nSPS) is 22.9. The standard InChI is InChI=1S/C19H22ClFN4O2/c20-17-5-12(1-4-18(17)21)8-24-10-15(6-16(24)11-26)25-9-14(7-22-25)23-19(27)13-2-3-13/h1,4-5,7,9,13,15-16,26H,2-3,6,8,10-11H2,(H,23,27)/t15-,16-/m0/s1. The van der Waals surface area contributed by atoms with Crippen molar-refractivity contribution in [3.63, 3.8) is 0 Å². The summed E-state index contributed by atoms with van der Waals surface area (Å²) in [4.78, 5) is 14.0. The van der Waals surface area contributed by atoms with Crippen LogP contribution in [0.4, 0.5) is 10.1 Å². The number of amides is 1. The van der Waals surface area contributed by atoms with E-state index in [0.717, 1.165) is 24.8 Å². The van der Waals surface area contributed by atoms with Gasteiger partial charge < -0.3 is 10.4 Å². The van der Waals surface area contributed by atoms with E-state index >= 15 is 0 Å². The number of hydrogen-bond donors (Lipinski definition) is 2. The number of halogens is 2. The summed E-state index contributed by atoms with van der Waals surface area (Å²) in [6.07, 6.45) is 6.18. The van der Waals surface area contributed by atoms with Crippen LogP contribution < -0.4 is 5.32 Å². The van der Waals surface area contributed by atoms with Crippen molar-refractivity contribution in [3.05, 3.63) is 47.0 Å². The first-order chi connectivity index (χ1) is 13.0. The molecule has 4 rings (SSSR count). The summed E-state index contributed by atoms with van der Waals surface area (Å²) in [5.41, 5.74) is 1.61. The lowest BCUT2D eigenvalue weighted by atomic mass is 10.1. The average Bonchev–Trinajstić information content (AvgIpc) is 3.28. The molecule has 1 aliphatic carbocycles. The summed E-state index contributed by atoms with van der Waals surface area (Å²) < 4.78 is 15.2. The number of nitrogens with one attached hydrogen (secondary N) is 1. The van der Waals surface area contributed by atoms with Crippen LogP contribution in [-0.4, -0.2) is 44.9 Å². The van der Waals surface area contributed by atoms with Gasteiger partial charge >= 0.3 is 0 Å². The predicted molar refractivity (Wildman–Crippen MR) is 99.9 cm³/mol. The van der Waals surface area contributed by atoms with Crippen LogP contribution >= 0.6 is 11.6 Å². The highest BCUT2D eigenvalue weighted by molar-refractivity contribution is 6.30. The summed E-state index contributed by atoms with van der Waals surface area (Å²) >= 11 is 5.87. The summed E-state index contributed by atoms with van der Waals surface area (Å²) in [5, 5.41) is 17.1. The second-order valence-electron chi connectivity index (χ2n) is 7.38. The zero-order valence-electron chi connectivity index (χ0n) is 14.8. The predicted octanol–water partition coefficient (Wildman–Crippen LogP) is 2.83. The lowest BCUT2D eigenvalue weighted by Crippen LogP contribution is -2.31. The molecule has 2 atom stereocenters. The maximum Gasteiger partial charge on any atom is 0.227 e. The van der Waals surface area contributed by atoms with Crippen LogP contribution in [0.3, 0.4) is 0 Å². The Morgan fingerprint density at radius 2 is 2.22 bits per heavy atom. The van der Waals surface area contributed by atoms with Crippen LogP contribution in [0.5, 0.6) is 0 Å². The first-order valence-corrected chi connectivity index (χ1v) is 9.55. The molecule has 1 aliphatic heterocycles. The number of benzene rings is 1. The number of aliphatic hydroxyl groups excluding tert-OH is 1. The SMILES string of the molecule is O=C(Nc1cnn([C@H]2C[C@@H](CO)N(Cc3ccc(F)c(Cl)c3)C2)c1)C1CC1. The van der Waals surface area contributed by atoms with Crippen molar-refractivity contribution in [1.29, 1.82) is 0 Å². The molecule has 0 unspecified atom stereocenters. The number of aliphatic hydroxyl groups is 1. The molecule has 0 bridgehead atoms. The fourth-order valence-corrected chi connectivity index (χ4v) is 3.80. The van der Waals surface area contributed by atoms with E-state index in [1.54, 1.807) is 18.3 Å². The Balaban J connectivity index is 1.42. The summed E-state index contributed by atoms with van der Waals surface area (Å²) in [6, 6.07) is 4.79. The zero-order chi connectivity index (χ0) is 19.0. The van der Waals surface area contributed by atoms with Crippen molar-refractivity contribution < 1.29 is 14.3 Å². The maximum atomic E-state index is 13.4.